The predicted octanol–water partition coefficient (Wildman–Crippen LogP) is 1.74. The van der Waals surface area contributed by atoms with E-state index in [9.17, 15) is 14.7 Å². The molecule has 0 saturated carbocycles. The van der Waals surface area contributed by atoms with Gasteiger partial charge in [-0.15, -0.1) is 0 Å². The summed E-state index contributed by atoms with van der Waals surface area (Å²) in [7, 11) is 0. The molecule has 7 nitrogen and oxygen atoms in total. The number of rotatable bonds is 4. The first-order valence-electron chi connectivity index (χ1n) is 8.28. The molecule has 1 amide bonds. The van der Waals surface area contributed by atoms with E-state index in [4.69, 9.17) is 0 Å². The van der Waals surface area contributed by atoms with Crippen LogP contribution in [0.4, 0.5) is 5.82 Å². The van der Waals surface area contributed by atoms with Crippen molar-refractivity contribution in [3.05, 3.63) is 11.8 Å². The van der Waals surface area contributed by atoms with Gasteiger partial charge >= 0.3 is 5.97 Å². The molecule has 2 aliphatic heterocycles. The number of amides is 1. The minimum atomic E-state index is -0.786. The molecule has 0 spiro atoms. The SMILES string of the molecule is CSc1ncc(C(=O)N2CCCC2)c(N2CCC[C@@H](C(=O)O)C2)n1. The van der Waals surface area contributed by atoms with Crippen molar-refractivity contribution in [2.24, 2.45) is 5.92 Å². The largest absolute Gasteiger partial charge is 0.481 e. The molecule has 0 aromatic carbocycles. The lowest BCUT2D eigenvalue weighted by molar-refractivity contribution is -0.141. The van der Waals surface area contributed by atoms with Crippen LogP contribution in [0.5, 0.6) is 0 Å². The van der Waals surface area contributed by atoms with Gasteiger partial charge in [0.05, 0.1) is 5.92 Å². The Morgan fingerprint density at radius 3 is 2.67 bits per heavy atom. The van der Waals surface area contributed by atoms with Gasteiger partial charge in [-0.3, -0.25) is 9.59 Å². The second kappa shape index (κ2) is 7.38. The molecule has 2 aliphatic rings. The van der Waals surface area contributed by atoms with Crippen LogP contribution in [-0.4, -0.2) is 64.3 Å². The summed E-state index contributed by atoms with van der Waals surface area (Å²) in [5.41, 5.74) is 0.487. The van der Waals surface area contributed by atoms with E-state index in [1.807, 2.05) is 16.1 Å². The van der Waals surface area contributed by atoms with Crippen LogP contribution in [-0.2, 0) is 4.79 Å². The number of carboxylic acid groups (broad SMARTS) is 1. The van der Waals surface area contributed by atoms with Gasteiger partial charge in [-0.1, -0.05) is 11.8 Å². The molecule has 3 heterocycles. The van der Waals surface area contributed by atoms with Crippen LogP contribution in [0.1, 0.15) is 36.0 Å². The number of likely N-dealkylation sites (tertiary alicyclic amines) is 1. The minimum absolute atomic E-state index is 0.0485. The van der Waals surface area contributed by atoms with E-state index in [0.717, 1.165) is 38.9 Å². The zero-order valence-electron chi connectivity index (χ0n) is 13.8. The number of carbonyl (C=O) groups is 2. The van der Waals surface area contributed by atoms with Gasteiger partial charge in [0.2, 0.25) is 0 Å². The van der Waals surface area contributed by atoms with Crippen molar-refractivity contribution in [3.8, 4) is 0 Å². The molecule has 24 heavy (non-hydrogen) atoms. The normalized spacial score (nSPS) is 21.1. The number of hydrogen-bond donors (Lipinski definition) is 1. The van der Waals surface area contributed by atoms with Crippen LogP contribution in [0.15, 0.2) is 11.4 Å². The van der Waals surface area contributed by atoms with Crippen LogP contribution >= 0.6 is 11.8 Å². The third kappa shape index (κ3) is 3.48. The highest BCUT2D eigenvalue weighted by Gasteiger charge is 2.30. The van der Waals surface area contributed by atoms with Crippen molar-refractivity contribution in [1.29, 1.82) is 0 Å². The third-order valence-corrected chi connectivity index (χ3v) is 5.18. The van der Waals surface area contributed by atoms with E-state index in [0.29, 0.717) is 29.5 Å². The van der Waals surface area contributed by atoms with Gasteiger partial charge in [0, 0.05) is 32.4 Å². The lowest BCUT2D eigenvalue weighted by Gasteiger charge is -2.33. The second-order valence-electron chi connectivity index (χ2n) is 6.22. The Kier molecular flexibility index (Phi) is 5.23. The fourth-order valence-electron chi connectivity index (χ4n) is 3.31. The first-order chi connectivity index (χ1) is 11.6. The zero-order chi connectivity index (χ0) is 17.1. The molecule has 3 rings (SSSR count). The number of aromatic nitrogens is 2. The Morgan fingerprint density at radius 2 is 2.00 bits per heavy atom. The highest BCUT2D eigenvalue weighted by atomic mass is 32.2. The Morgan fingerprint density at radius 1 is 1.25 bits per heavy atom. The van der Waals surface area contributed by atoms with Crippen LogP contribution in [0.2, 0.25) is 0 Å². The number of carbonyl (C=O) groups excluding carboxylic acids is 1. The van der Waals surface area contributed by atoms with Crippen LogP contribution in [0.25, 0.3) is 0 Å². The van der Waals surface area contributed by atoms with Gasteiger partial charge in [0.1, 0.15) is 11.4 Å². The summed E-state index contributed by atoms with van der Waals surface area (Å²) in [4.78, 5) is 36.7. The number of nitrogens with zero attached hydrogens (tertiary/aromatic N) is 4. The summed E-state index contributed by atoms with van der Waals surface area (Å²) in [6, 6.07) is 0. The average Bonchev–Trinajstić information content (AvgIpc) is 3.15. The molecule has 2 saturated heterocycles. The Labute approximate surface area is 145 Å². The lowest BCUT2D eigenvalue weighted by Crippen LogP contribution is -2.40. The summed E-state index contributed by atoms with van der Waals surface area (Å²) in [5.74, 6) is -0.669. The van der Waals surface area contributed by atoms with Gasteiger partial charge in [-0.2, -0.15) is 0 Å². The third-order valence-electron chi connectivity index (χ3n) is 4.62. The van der Waals surface area contributed by atoms with E-state index in [1.165, 1.54) is 11.8 Å². The number of anilines is 1. The second-order valence-corrected chi connectivity index (χ2v) is 6.99. The van der Waals surface area contributed by atoms with E-state index in [-0.39, 0.29) is 5.91 Å². The van der Waals surface area contributed by atoms with E-state index >= 15 is 0 Å². The maximum atomic E-state index is 12.8. The van der Waals surface area contributed by atoms with Gasteiger partial charge in [-0.05, 0) is 31.9 Å². The lowest BCUT2D eigenvalue weighted by atomic mass is 9.98. The standard InChI is InChI=1S/C16H22N4O3S/c1-24-16-17-9-12(14(21)19-6-2-3-7-19)13(18-16)20-8-4-5-11(10-20)15(22)23/h9,11H,2-8,10H2,1H3,(H,22,23)/t11-/m1/s1. The summed E-state index contributed by atoms with van der Waals surface area (Å²) in [6.45, 7) is 2.63. The molecule has 130 valence electrons. The van der Waals surface area contributed by atoms with Crippen molar-refractivity contribution in [2.75, 3.05) is 37.3 Å². The Hall–Kier alpha value is -1.83. The summed E-state index contributed by atoms with van der Waals surface area (Å²) in [5, 5.41) is 9.91. The highest BCUT2D eigenvalue weighted by molar-refractivity contribution is 7.98. The molecular weight excluding hydrogens is 328 g/mol. The smallest absolute Gasteiger partial charge is 0.308 e. The molecule has 1 aromatic rings. The number of hydrogen-bond acceptors (Lipinski definition) is 6. The quantitative estimate of drug-likeness (QED) is 0.654. The van der Waals surface area contributed by atoms with Crippen LogP contribution in [0, 0.1) is 5.92 Å². The molecule has 0 aliphatic carbocycles. The maximum Gasteiger partial charge on any atom is 0.308 e. The molecule has 2 fully saturated rings. The molecule has 1 N–H and O–H groups in total. The van der Waals surface area contributed by atoms with Crippen molar-refractivity contribution in [1.82, 2.24) is 14.9 Å². The molecule has 0 bridgehead atoms. The van der Waals surface area contributed by atoms with E-state index < -0.39 is 11.9 Å². The number of aliphatic carboxylic acids is 1. The van der Waals surface area contributed by atoms with Crippen molar-refractivity contribution in [2.45, 2.75) is 30.8 Å². The average molecular weight is 350 g/mol. The number of thioether (sulfide) groups is 1. The monoisotopic (exact) mass is 350 g/mol. The van der Waals surface area contributed by atoms with Crippen molar-refractivity contribution >= 4 is 29.5 Å². The minimum Gasteiger partial charge on any atom is -0.481 e. The fraction of sp³-hybridized carbons (Fsp3) is 0.625. The summed E-state index contributed by atoms with van der Waals surface area (Å²) in [6.07, 6.45) is 6.98. The first-order valence-corrected chi connectivity index (χ1v) is 9.50. The van der Waals surface area contributed by atoms with Crippen LogP contribution in [0.3, 0.4) is 0 Å². The van der Waals surface area contributed by atoms with Gasteiger partial charge in [-0.25, -0.2) is 9.97 Å². The maximum absolute atomic E-state index is 12.8. The fourth-order valence-corrected chi connectivity index (χ4v) is 3.64. The Bertz CT molecular complexity index is 634. The molecule has 0 radical (unpaired) electrons. The zero-order valence-corrected chi connectivity index (χ0v) is 14.6. The summed E-state index contributed by atoms with van der Waals surface area (Å²) >= 11 is 1.42. The van der Waals surface area contributed by atoms with Crippen molar-refractivity contribution < 1.29 is 14.7 Å². The van der Waals surface area contributed by atoms with Gasteiger partial charge < -0.3 is 14.9 Å². The van der Waals surface area contributed by atoms with E-state index in [1.54, 1.807) is 6.20 Å². The van der Waals surface area contributed by atoms with Gasteiger partial charge in [0.25, 0.3) is 5.91 Å². The highest BCUT2D eigenvalue weighted by Crippen LogP contribution is 2.28. The van der Waals surface area contributed by atoms with E-state index in [2.05, 4.69) is 9.97 Å². The summed E-state index contributed by atoms with van der Waals surface area (Å²) < 4.78 is 0. The van der Waals surface area contributed by atoms with Gasteiger partial charge in [0.15, 0.2) is 5.16 Å². The molecule has 1 atom stereocenters. The number of carboxylic acids is 1. The van der Waals surface area contributed by atoms with Crippen LogP contribution < -0.4 is 4.90 Å². The Balaban J connectivity index is 1.91. The first kappa shape index (κ1) is 17.0. The molecular formula is C16H22N4O3S. The molecule has 0 unspecified atom stereocenters. The van der Waals surface area contributed by atoms with Crippen molar-refractivity contribution in [3.63, 3.8) is 0 Å². The predicted molar refractivity (Wildman–Crippen MR) is 91.5 cm³/mol. The molecule has 8 heteroatoms. The number of piperidine rings is 1. The molecule has 1 aromatic heterocycles. The topological polar surface area (TPSA) is 86.6 Å².